The fourth-order valence-corrected chi connectivity index (χ4v) is 2.88. The Kier molecular flexibility index (Phi) is 5.42. The van der Waals surface area contributed by atoms with Gasteiger partial charge in [0.15, 0.2) is 5.78 Å². The van der Waals surface area contributed by atoms with Crippen LogP contribution in [0.2, 0.25) is 0 Å². The van der Waals surface area contributed by atoms with E-state index in [-0.39, 0.29) is 0 Å². The Morgan fingerprint density at radius 1 is 1.35 bits per heavy atom. The Bertz CT molecular complexity index is 290. The smallest absolute Gasteiger partial charge is 0.158 e. The number of unbranched alkanes of at least 4 members (excludes halogenated alkanes) is 2. The molecule has 98 valence electrons. The van der Waals surface area contributed by atoms with Gasteiger partial charge in [0, 0.05) is 6.42 Å². The van der Waals surface area contributed by atoms with Crippen molar-refractivity contribution in [2.45, 2.75) is 72.6 Å². The molecule has 1 heteroatoms. The van der Waals surface area contributed by atoms with Crippen LogP contribution in [0.3, 0.4) is 0 Å². The van der Waals surface area contributed by atoms with E-state index in [1.54, 1.807) is 0 Å². The molecule has 1 aliphatic rings. The third-order valence-corrected chi connectivity index (χ3v) is 4.72. The number of ketones is 1. The molecule has 0 saturated heterocycles. The SMILES string of the molecule is CCCCCC(C)(CC)C1CC=C(C)C(=O)C1. The minimum Gasteiger partial charge on any atom is -0.295 e. The molecule has 1 nitrogen and oxygen atoms in total. The van der Waals surface area contributed by atoms with Crippen LogP contribution in [0.25, 0.3) is 0 Å². The lowest BCUT2D eigenvalue weighted by Gasteiger charge is -2.38. The molecule has 0 radical (unpaired) electrons. The van der Waals surface area contributed by atoms with Crippen LogP contribution in [0, 0.1) is 11.3 Å². The Morgan fingerprint density at radius 2 is 2.06 bits per heavy atom. The summed E-state index contributed by atoms with van der Waals surface area (Å²) in [5, 5.41) is 0. The van der Waals surface area contributed by atoms with Crippen LogP contribution >= 0.6 is 0 Å². The maximum Gasteiger partial charge on any atom is 0.158 e. The molecule has 0 aromatic rings. The molecule has 0 N–H and O–H groups in total. The van der Waals surface area contributed by atoms with Crippen molar-refractivity contribution in [3.63, 3.8) is 0 Å². The highest BCUT2D eigenvalue weighted by molar-refractivity contribution is 5.95. The molecule has 0 aromatic carbocycles. The van der Waals surface area contributed by atoms with Crippen molar-refractivity contribution in [3.8, 4) is 0 Å². The molecule has 2 atom stereocenters. The van der Waals surface area contributed by atoms with E-state index in [0.717, 1.165) is 18.4 Å². The zero-order valence-electron chi connectivity index (χ0n) is 12.0. The molecule has 0 aromatic heterocycles. The standard InChI is InChI=1S/C16H28O/c1-5-7-8-11-16(4,6-2)14-10-9-13(3)15(17)12-14/h9,14H,5-8,10-12H2,1-4H3. The molecule has 0 bridgehead atoms. The van der Waals surface area contributed by atoms with E-state index in [1.165, 1.54) is 32.1 Å². The number of hydrogen-bond acceptors (Lipinski definition) is 1. The number of hydrogen-bond donors (Lipinski definition) is 0. The van der Waals surface area contributed by atoms with Gasteiger partial charge in [-0.15, -0.1) is 0 Å². The number of carbonyl (C=O) groups is 1. The number of carbonyl (C=O) groups excluding carboxylic acids is 1. The second-order valence-corrected chi connectivity index (χ2v) is 5.91. The lowest BCUT2D eigenvalue weighted by atomic mass is 9.66. The third-order valence-electron chi connectivity index (χ3n) is 4.72. The quantitative estimate of drug-likeness (QED) is 0.599. The van der Waals surface area contributed by atoms with Crippen molar-refractivity contribution in [2.24, 2.45) is 11.3 Å². The molecule has 2 unspecified atom stereocenters. The largest absolute Gasteiger partial charge is 0.295 e. The van der Waals surface area contributed by atoms with Crippen LogP contribution in [0.4, 0.5) is 0 Å². The van der Waals surface area contributed by atoms with E-state index in [1.807, 2.05) is 6.92 Å². The molecular formula is C16H28O. The van der Waals surface area contributed by atoms with Crippen molar-refractivity contribution in [1.82, 2.24) is 0 Å². The summed E-state index contributed by atoms with van der Waals surface area (Å²) in [4.78, 5) is 11.8. The lowest BCUT2D eigenvalue weighted by Crippen LogP contribution is -2.31. The summed E-state index contributed by atoms with van der Waals surface area (Å²) in [5.74, 6) is 0.942. The van der Waals surface area contributed by atoms with Gasteiger partial charge in [0.2, 0.25) is 0 Å². The maximum atomic E-state index is 11.8. The Balaban J connectivity index is 2.63. The second-order valence-electron chi connectivity index (χ2n) is 5.91. The fraction of sp³-hybridized carbons (Fsp3) is 0.812. The van der Waals surface area contributed by atoms with Gasteiger partial charge in [0.1, 0.15) is 0 Å². The summed E-state index contributed by atoms with van der Waals surface area (Å²) in [6, 6.07) is 0. The first-order chi connectivity index (χ1) is 8.03. The van der Waals surface area contributed by atoms with Crippen molar-refractivity contribution in [3.05, 3.63) is 11.6 Å². The van der Waals surface area contributed by atoms with Gasteiger partial charge in [-0.05, 0) is 36.7 Å². The molecule has 0 amide bonds. The second kappa shape index (κ2) is 6.37. The van der Waals surface area contributed by atoms with E-state index in [4.69, 9.17) is 0 Å². The molecule has 0 aliphatic heterocycles. The van der Waals surface area contributed by atoms with Crippen LogP contribution < -0.4 is 0 Å². The van der Waals surface area contributed by atoms with Crippen molar-refractivity contribution in [2.75, 3.05) is 0 Å². The zero-order valence-corrected chi connectivity index (χ0v) is 12.0. The summed E-state index contributed by atoms with van der Waals surface area (Å²) in [7, 11) is 0. The first kappa shape index (κ1) is 14.5. The average molecular weight is 236 g/mol. The van der Waals surface area contributed by atoms with Gasteiger partial charge in [0.05, 0.1) is 0 Å². The minimum atomic E-state index is 0.363. The summed E-state index contributed by atoms with van der Waals surface area (Å²) < 4.78 is 0. The van der Waals surface area contributed by atoms with E-state index in [0.29, 0.717) is 17.1 Å². The van der Waals surface area contributed by atoms with Crippen LogP contribution in [0.15, 0.2) is 11.6 Å². The van der Waals surface area contributed by atoms with Crippen molar-refractivity contribution >= 4 is 5.78 Å². The van der Waals surface area contributed by atoms with Gasteiger partial charge < -0.3 is 0 Å². The molecular weight excluding hydrogens is 208 g/mol. The van der Waals surface area contributed by atoms with E-state index < -0.39 is 0 Å². The topological polar surface area (TPSA) is 17.1 Å². The Morgan fingerprint density at radius 3 is 2.59 bits per heavy atom. The molecule has 17 heavy (non-hydrogen) atoms. The van der Waals surface area contributed by atoms with Crippen LogP contribution in [0.5, 0.6) is 0 Å². The molecule has 1 aliphatic carbocycles. The summed E-state index contributed by atoms with van der Waals surface area (Å²) in [6.45, 7) is 8.87. The molecule has 0 heterocycles. The van der Waals surface area contributed by atoms with Crippen LogP contribution in [-0.4, -0.2) is 5.78 Å². The van der Waals surface area contributed by atoms with Gasteiger partial charge in [-0.1, -0.05) is 52.5 Å². The van der Waals surface area contributed by atoms with E-state index >= 15 is 0 Å². The van der Waals surface area contributed by atoms with E-state index in [9.17, 15) is 4.79 Å². The number of rotatable bonds is 6. The highest BCUT2D eigenvalue weighted by atomic mass is 16.1. The maximum absolute atomic E-state index is 11.8. The van der Waals surface area contributed by atoms with E-state index in [2.05, 4.69) is 26.8 Å². The van der Waals surface area contributed by atoms with Crippen molar-refractivity contribution in [1.29, 1.82) is 0 Å². The minimum absolute atomic E-state index is 0.363. The summed E-state index contributed by atoms with van der Waals surface area (Å²) in [5.41, 5.74) is 1.34. The highest BCUT2D eigenvalue weighted by Gasteiger charge is 2.34. The zero-order chi connectivity index (χ0) is 12.9. The van der Waals surface area contributed by atoms with Gasteiger partial charge in [-0.25, -0.2) is 0 Å². The number of allylic oxidation sites excluding steroid dienone is 2. The van der Waals surface area contributed by atoms with Gasteiger partial charge in [-0.2, -0.15) is 0 Å². The molecule has 1 rings (SSSR count). The summed E-state index contributed by atoms with van der Waals surface area (Å²) in [6.07, 6.45) is 10.4. The van der Waals surface area contributed by atoms with Gasteiger partial charge >= 0.3 is 0 Å². The van der Waals surface area contributed by atoms with Gasteiger partial charge in [0.25, 0.3) is 0 Å². The van der Waals surface area contributed by atoms with Crippen molar-refractivity contribution < 1.29 is 4.79 Å². The third kappa shape index (κ3) is 3.69. The molecule has 0 fully saturated rings. The van der Waals surface area contributed by atoms with Crippen LogP contribution in [-0.2, 0) is 4.79 Å². The predicted molar refractivity (Wildman–Crippen MR) is 74.0 cm³/mol. The van der Waals surface area contributed by atoms with Crippen LogP contribution in [0.1, 0.15) is 72.6 Å². The average Bonchev–Trinajstić information content (AvgIpc) is 2.32. The first-order valence-corrected chi connectivity index (χ1v) is 7.23. The highest BCUT2D eigenvalue weighted by Crippen LogP contribution is 2.42. The number of Topliss-reactive ketones (excluding diaryl/α,β-unsaturated/α-hetero) is 1. The predicted octanol–water partition coefficient (Wildman–Crippen LogP) is 4.91. The lowest BCUT2D eigenvalue weighted by molar-refractivity contribution is -0.118. The Hall–Kier alpha value is -0.590. The monoisotopic (exact) mass is 236 g/mol. The summed E-state index contributed by atoms with van der Waals surface area (Å²) >= 11 is 0. The normalized spacial score (nSPS) is 24.4. The molecule has 0 spiro atoms. The molecule has 0 saturated carbocycles. The Labute approximate surface area is 107 Å². The van der Waals surface area contributed by atoms with Gasteiger partial charge in [-0.3, -0.25) is 4.79 Å². The fourth-order valence-electron chi connectivity index (χ4n) is 2.88. The first-order valence-electron chi connectivity index (χ1n) is 7.23.